The van der Waals surface area contributed by atoms with E-state index >= 15 is 0 Å². The molecule has 0 spiro atoms. The van der Waals surface area contributed by atoms with Crippen LogP contribution in [0.3, 0.4) is 0 Å². The summed E-state index contributed by atoms with van der Waals surface area (Å²) in [5.74, 6) is 0.00831. The molecule has 0 fully saturated rings. The number of hydrogen-bond acceptors (Lipinski definition) is 5. The number of nitrogens with one attached hydrogen (secondary N) is 1. The molecule has 0 aliphatic carbocycles. The molecule has 2 heterocycles. The van der Waals surface area contributed by atoms with E-state index in [1.54, 1.807) is 42.5 Å². The topological polar surface area (TPSA) is 88.8 Å². The van der Waals surface area contributed by atoms with Gasteiger partial charge in [0.05, 0.1) is 16.7 Å². The van der Waals surface area contributed by atoms with Crippen LogP contribution in [-0.2, 0) is 15.6 Å². The van der Waals surface area contributed by atoms with E-state index in [0.29, 0.717) is 33.2 Å². The van der Waals surface area contributed by atoms with E-state index in [-0.39, 0.29) is 10.9 Å². The summed E-state index contributed by atoms with van der Waals surface area (Å²) in [7, 11) is -3.67. The van der Waals surface area contributed by atoms with Gasteiger partial charge in [-0.1, -0.05) is 29.8 Å². The van der Waals surface area contributed by atoms with Crippen molar-refractivity contribution < 1.29 is 12.8 Å². The summed E-state index contributed by atoms with van der Waals surface area (Å²) in [4.78, 5) is 11.2. The van der Waals surface area contributed by atoms with Gasteiger partial charge in [0.2, 0.25) is 20.9 Å². The zero-order valence-corrected chi connectivity index (χ0v) is 14.4. The van der Waals surface area contributed by atoms with Gasteiger partial charge in [0, 0.05) is 10.6 Å². The molecule has 25 heavy (non-hydrogen) atoms. The summed E-state index contributed by atoms with van der Waals surface area (Å²) in [5.41, 5.74) is 2.25. The lowest BCUT2D eigenvalue weighted by molar-refractivity contribution is 0.571. The number of aromatic amines is 1. The second-order valence-corrected chi connectivity index (χ2v) is 7.81. The fourth-order valence-corrected chi connectivity index (χ4v) is 3.82. The van der Waals surface area contributed by atoms with Gasteiger partial charge < -0.3 is 9.40 Å². The molecular weight excluding hydrogens is 362 g/mol. The maximum absolute atomic E-state index is 12.6. The molecule has 1 N–H and O–H groups in total. The molecule has 0 saturated carbocycles. The van der Waals surface area contributed by atoms with Gasteiger partial charge >= 0.3 is 0 Å². The highest BCUT2D eigenvalue weighted by Crippen LogP contribution is 2.24. The second kappa shape index (κ2) is 6.02. The van der Waals surface area contributed by atoms with Crippen molar-refractivity contribution in [3.63, 3.8) is 0 Å². The highest BCUT2D eigenvalue weighted by molar-refractivity contribution is 7.90. The van der Waals surface area contributed by atoms with Crippen LogP contribution in [0.25, 0.3) is 22.5 Å². The highest BCUT2D eigenvalue weighted by Gasteiger charge is 2.22. The first kappa shape index (κ1) is 15.9. The molecule has 0 unspecified atom stereocenters. The van der Waals surface area contributed by atoms with Gasteiger partial charge in [0.15, 0.2) is 0 Å². The quantitative estimate of drug-likeness (QED) is 0.587. The molecular formula is C17H12ClN3O3S. The van der Waals surface area contributed by atoms with Gasteiger partial charge in [-0.15, -0.1) is 0 Å². The van der Waals surface area contributed by atoms with Crippen LogP contribution < -0.4 is 0 Å². The van der Waals surface area contributed by atoms with Crippen LogP contribution in [0.4, 0.5) is 0 Å². The minimum Gasteiger partial charge on any atom is -0.444 e. The standard InChI is InChI=1S/C17H12ClN3O3S/c18-12-5-3-4-11(8-12)16-19-13(9-24-16)10-25(22,23)17-20-14-6-1-2-7-15(14)21-17/h1-9H,10H2,(H,20,21). The van der Waals surface area contributed by atoms with Crippen molar-refractivity contribution in [3.8, 4) is 11.5 Å². The normalized spacial score (nSPS) is 11.9. The van der Waals surface area contributed by atoms with Gasteiger partial charge in [0.1, 0.15) is 12.0 Å². The van der Waals surface area contributed by atoms with E-state index in [1.807, 2.05) is 6.07 Å². The Morgan fingerprint density at radius 3 is 2.72 bits per heavy atom. The fraction of sp³-hybridized carbons (Fsp3) is 0.0588. The average molecular weight is 374 g/mol. The van der Waals surface area contributed by atoms with E-state index in [0.717, 1.165) is 0 Å². The molecule has 0 amide bonds. The Morgan fingerprint density at radius 2 is 1.92 bits per heavy atom. The third kappa shape index (κ3) is 3.16. The summed E-state index contributed by atoms with van der Waals surface area (Å²) in [6, 6.07) is 14.1. The molecule has 0 saturated heterocycles. The number of oxazole rings is 1. The van der Waals surface area contributed by atoms with Crippen LogP contribution in [-0.4, -0.2) is 23.4 Å². The maximum Gasteiger partial charge on any atom is 0.226 e. The third-order valence-corrected chi connectivity index (χ3v) is 5.32. The number of nitrogens with zero attached hydrogens (tertiary/aromatic N) is 2. The molecule has 4 aromatic rings. The minimum atomic E-state index is -3.67. The summed E-state index contributed by atoms with van der Waals surface area (Å²) in [6.07, 6.45) is 1.33. The van der Waals surface area contributed by atoms with Crippen molar-refractivity contribution >= 4 is 32.5 Å². The van der Waals surface area contributed by atoms with Crippen LogP contribution in [0.1, 0.15) is 5.69 Å². The van der Waals surface area contributed by atoms with Gasteiger partial charge in [0.25, 0.3) is 0 Å². The first-order valence-corrected chi connectivity index (χ1v) is 9.42. The molecule has 6 nitrogen and oxygen atoms in total. The lowest BCUT2D eigenvalue weighted by Crippen LogP contribution is -2.07. The Kier molecular flexibility index (Phi) is 3.82. The van der Waals surface area contributed by atoms with Crippen LogP contribution in [0.2, 0.25) is 5.02 Å². The second-order valence-electron chi connectivity index (χ2n) is 5.47. The van der Waals surface area contributed by atoms with Crippen LogP contribution in [0.15, 0.2) is 64.4 Å². The summed E-state index contributed by atoms with van der Waals surface area (Å²) in [5, 5.41) is 0.466. The molecule has 4 rings (SSSR count). The number of halogens is 1. The van der Waals surface area contributed by atoms with Crippen molar-refractivity contribution in [2.75, 3.05) is 0 Å². The molecule has 0 atom stereocenters. The molecule has 8 heteroatoms. The van der Waals surface area contributed by atoms with Crippen molar-refractivity contribution in [2.24, 2.45) is 0 Å². The lowest BCUT2D eigenvalue weighted by atomic mass is 10.2. The number of benzene rings is 2. The van der Waals surface area contributed by atoms with E-state index in [9.17, 15) is 8.42 Å². The zero-order valence-electron chi connectivity index (χ0n) is 12.8. The van der Waals surface area contributed by atoms with Gasteiger partial charge in [-0.2, -0.15) is 0 Å². The smallest absolute Gasteiger partial charge is 0.226 e. The summed E-state index contributed by atoms with van der Waals surface area (Å²) < 4.78 is 30.5. The molecule has 2 aromatic carbocycles. The lowest BCUT2D eigenvalue weighted by Gasteiger charge is -1.97. The number of sulfone groups is 1. The summed E-state index contributed by atoms with van der Waals surface area (Å²) >= 11 is 5.95. The molecule has 0 aliphatic rings. The number of hydrogen-bond donors (Lipinski definition) is 1. The Hall–Kier alpha value is -2.64. The molecule has 0 radical (unpaired) electrons. The summed E-state index contributed by atoms with van der Waals surface area (Å²) in [6.45, 7) is 0. The first-order chi connectivity index (χ1) is 12.0. The van der Waals surface area contributed by atoms with Crippen molar-refractivity contribution in [2.45, 2.75) is 10.9 Å². The van der Waals surface area contributed by atoms with Crippen molar-refractivity contribution in [1.29, 1.82) is 0 Å². The SMILES string of the molecule is O=S(=O)(Cc1coc(-c2cccc(Cl)c2)n1)c1nc2ccccc2[nH]1. The Morgan fingerprint density at radius 1 is 1.08 bits per heavy atom. The van der Waals surface area contributed by atoms with E-state index in [2.05, 4.69) is 15.0 Å². The highest BCUT2D eigenvalue weighted by atomic mass is 35.5. The number of para-hydroxylation sites is 2. The van der Waals surface area contributed by atoms with Gasteiger partial charge in [-0.3, -0.25) is 0 Å². The van der Waals surface area contributed by atoms with Crippen molar-refractivity contribution in [3.05, 3.63) is 65.5 Å². The molecule has 0 bridgehead atoms. The Bertz CT molecular complexity index is 1130. The third-order valence-electron chi connectivity index (χ3n) is 3.62. The van der Waals surface area contributed by atoms with Crippen LogP contribution in [0.5, 0.6) is 0 Å². The average Bonchev–Trinajstić information content (AvgIpc) is 3.21. The van der Waals surface area contributed by atoms with Gasteiger partial charge in [-0.05, 0) is 30.3 Å². The predicted octanol–water partition coefficient (Wildman–Crippen LogP) is 3.85. The van der Waals surface area contributed by atoms with E-state index < -0.39 is 9.84 Å². The zero-order chi connectivity index (χ0) is 17.4. The minimum absolute atomic E-state index is 0.0824. The largest absolute Gasteiger partial charge is 0.444 e. The molecule has 126 valence electrons. The Balaban J connectivity index is 1.63. The van der Waals surface area contributed by atoms with E-state index in [4.69, 9.17) is 16.0 Å². The molecule has 2 aromatic heterocycles. The van der Waals surface area contributed by atoms with Crippen LogP contribution >= 0.6 is 11.6 Å². The van der Waals surface area contributed by atoms with Gasteiger partial charge in [-0.25, -0.2) is 18.4 Å². The van der Waals surface area contributed by atoms with Crippen molar-refractivity contribution in [1.82, 2.24) is 15.0 Å². The number of imidazole rings is 1. The first-order valence-electron chi connectivity index (χ1n) is 7.39. The monoisotopic (exact) mass is 373 g/mol. The number of fused-ring (bicyclic) bond motifs is 1. The predicted molar refractivity (Wildman–Crippen MR) is 93.9 cm³/mol. The number of H-pyrrole nitrogens is 1. The number of rotatable bonds is 4. The fourth-order valence-electron chi connectivity index (χ4n) is 2.47. The maximum atomic E-state index is 12.6. The van der Waals surface area contributed by atoms with Crippen LogP contribution in [0, 0.1) is 0 Å². The molecule has 0 aliphatic heterocycles. The van der Waals surface area contributed by atoms with E-state index in [1.165, 1.54) is 6.26 Å². The Labute approximate surface area is 148 Å². The number of aromatic nitrogens is 3.